The van der Waals surface area contributed by atoms with Crippen molar-refractivity contribution in [3.05, 3.63) is 5.01 Å². The molecule has 2 N–H and O–H groups in total. The predicted molar refractivity (Wildman–Crippen MR) is 68.3 cm³/mol. The van der Waals surface area contributed by atoms with E-state index in [-0.39, 0.29) is 17.4 Å². The fourth-order valence-electron chi connectivity index (χ4n) is 2.23. The van der Waals surface area contributed by atoms with E-state index in [0.717, 1.165) is 12.8 Å². The van der Waals surface area contributed by atoms with Gasteiger partial charge < -0.3 is 10.6 Å². The number of carbonyl (C=O) groups excluding carboxylic acids is 1. The highest BCUT2D eigenvalue weighted by Crippen LogP contribution is 2.37. The molecular formula is C11H18N4OS. The number of amides is 1. The molecular weight excluding hydrogens is 236 g/mol. The molecule has 1 amide bonds. The van der Waals surface area contributed by atoms with Crippen molar-refractivity contribution in [2.75, 3.05) is 12.4 Å². The molecule has 1 aromatic heterocycles. The van der Waals surface area contributed by atoms with E-state index in [1.54, 1.807) is 7.05 Å². The number of rotatable bonds is 3. The van der Waals surface area contributed by atoms with Crippen LogP contribution in [0.5, 0.6) is 0 Å². The molecule has 6 heteroatoms. The van der Waals surface area contributed by atoms with Gasteiger partial charge in [-0.15, -0.1) is 10.2 Å². The molecule has 1 aliphatic carbocycles. The van der Waals surface area contributed by atoms with Gasteiger partial charge in [-0.1, -0.05) is 31.6 Å². The summed E-state index contributed by atoms with van der Waals surface area (Å²) in [5.74, 6) is -0.107. The van der Waals surface area contributed by atoms with E-state index in [1.807, 2.05) is 0 Å². The number of nitrogens with zero attached hydrogens (tertiary/aromatic N) is 2. The Morgan fingerprint density at radius 3 is 2.76 bits per heavy atom. The largest absolute Gasteiger partial charge is 0.363 e. The Labute approximate surface area is 105 Å². The third kappa shape index (κ3) is 2.57. The van der Waals surface area contributed by atoms with E-state index >= 15 is 0 Å². The molecule has 5 nitrogen and oxygen atoms in total. The predicted octanol–water partition coefficient (Wildman–Crippen LogP) is 1.89. The zero-order chi connectivity index (χ0) is 12.5. The van der Waals surface area contributed by atoms with Gasteiger partial charge in [0.2, 0.25) is 10.1 Å². The third-order valence-electron chi connectivity index (χ3n) is 3.40. The second-order valence-electron chi connectivity index (χ2n) is 5.07. The van der Waals surface area contributed by atoms with Gasteiger partial charge in [0.05, 0.1) is 0 Å². The summed E-state index contributed by atoms with van der Waals surface area (Å²) in [7, 11) is 1.77. The quantitative estimate of drug-likeness (QED) is 0.864. The highest BCUT2D eigenvalue weighted by Gasteiger charge is 2.35. The van der Waals surface area contributed by atoms with Gasteiger partial charge in [0, 0.05) is 13.1 Å². The van der Waals surface area contributed by atoms with Crippen molar-refractivity contribution >= 4 is 22.4 Å². The van der Waals surface area contributed by atoms with Gasteiger partial charge in [-0.25, -0.2) is 0 Å². The molecule has 1 unspecified atom stereocenters. The van der Waals surface area contributed by atoms with Crippen LogP contribution in [-0.2, 0) is 0 Å². The van der Waals surface area contributed by atoms with Gasteiger partial charge in [0.1, 0.15) is 0 Å². The topological polar surface area (TPSA) is 66.9 Å². The van der Waals surface area contributed by atoms with Gasteiger partial charge in [-0.2, -0.15) is 0 Å². The van der Waals surface area contributed by atoms with Crippen LogP contribution in [0.1, 0.15) is 42.9 Å². The third-order valence-corrected chi connectivity index (χ3v) is 4.34. The first-order chi connectivity index (χ1) is 8.03. The van der Waals surface area contributed by atoms with Crippen molar-refractivity contribution in [2.24, 2.45) is 5.41 Å². The lowest BCUT2D eigenvalue weighted by Gasteiger charge is -2.27. The number of hydrogen-bond acceptors (Lipinski definition) is 5. The Morgan fingerprint density at radius 1 is 1.47 bits per heavy atom. The molecule has 1 heterocycles. The lowest BCUT2D eigenvalue weighted by molar-refractivity contribution is 0.0909. The van der Waals surface area contributed by atoms with Crippen LogP contribution >= 0.6 is 11.3 Å². The Kier molecular flexibility index (Phi) is 3.33. The smallest absolute Gasteiger partial charge is 0.282 e. The Bertz CT molecular complexity index is 415. The molecule has 0 bridgehead atoms. The average Bonchev–Trinajstić information content (AvgIpc) is 2.86. The lowest BCUT2D eigenvalue weighted by atomic mass is 9.87. The molecule has 17 heavy (non-hydrogen) atoms. The van der Waals surface area contributed by atoms with Gasteiger partial charge in [-0.05, 0) is 18.3 Å². The molecule has 2 rings (SSSR count). The summed E-state index contributed by atoms with van der Waals surface area (Å²) in [4.78, 5) is 12.0. The summed E-state index contributed by atoms with van der Waals surface area (Å²) in [5.41, 5.74) is 0.187. The minimum atomic E-state index is -0.107. The van der Waals surface area contributed by atoms with Crippen LogP contribution in [0.25, 0.3) is 0 Å². The van der Waals surface area contributed by atoms with E-state index in [0.29, 0.717) is 10.1 Å². The molecule has 0 radical (unpaired) electrons. The van der Waals surface area contributed by atoms with Gasteiger partial charge in [0.15, 0.2) is 0 Å². The van der Waals surface area contributed by atoms with Gasteiger partial charge in [-0.3, -0.25) is 4.79 Å². The van der Waals surface area contributed by atoms with Crippen molar-refractivity contribution in [3.8, 4) is 0 Å². The van der Waals surface area contributed by atoms with Crippen molar-refractivity contribution in [1.29, 1.82) is 0 Å². The van der Waals surface area contributed by atoms with Crippen molar-refractivity contribution in [2.45, 2.75) is 39.2 Å². The second-order valence-corrected chi connectivity index (χ2v) is 6.05. The van der Waals surface area contributed by atoms with E-state index in [1.165, 1.54) is 17.8 Å². The SMILES string of the molecule is CNc1nnc(C(=O)NC2CCCC2(C)C)s1. The first-order valence-corrected chi connectivity index (χ1v) is 6.67. The average molecular weight is 254 g/mol. The highest BCUT2D eigenvalue weighted by atomic mass is 32.1. The highest BCUT2D eigenvalue weighted by molar-refractivity contribution is 7.17. The van der Waals surface area contributed by atoms with Crippen LogP contribution in [0.4, 0.5) is 5.13 Å². The van der Waals surface area contributed by atoms with Crippen molar-refractivity contribution in [1.82, 2.24) is 15.5 Å². The molecule has 1 aliphatic rings. The fraction of sp³-hybridized carbons (Fsp3) is 0.727. The molecule has 0 saturated heterocycles. The van der Waals surface area contributed by atoms with E-state index in [4.69, 9.17) is 0 Å². The van der Waals surface area contributed by atoms with Crippen LogP contribution in [0, 0.1) is 5.41 Å². The summed E-state index contributed by atoms with van der Waals surface area (Å²) in [6.45, 7) is 4.40. The van der Waals surface area contributed by atoms with Crippen LogP contribution in [0.3, 0.4) is 0 Å². The van der Waals surface area contributed by atoms with Crippen LogP contribution in [0.15, 0.2) is 0 Å². The van der Waals surface area contributed by atoms with Crippen LogP contribution in [-0.4, -0.2) is 29.2 Å². The van der Waals surface area contributed by atoms with E-state index in [9.17, 15) is 4.79 Å². The fourth-order valence-corrected chi connectivity index (χ4v) is 2.83. The summed E-state index contributed by atoms with van der Waals surface area (Å²) in [6.07, 6.45) is 3.39. The van der Waals surface area contributed by atoms with Crippen LogP contribution < -0.4 is 10.6 Å². The molecule has 0 aromatic carbocycles. The standard InChI is InChI=1S/C11H18N4OS/c1-11(2)6-4-5-7(11)13-8(16)9-14-15-10(12-3)17-9/h7H,4-6H2,1-3H3,(H,12,15)(H,13,16). The van der Waals surface area contributed by atoms with E-state index in [2.05, 4.69) is 34.7 Å². The first-order valence-electron chi connectivity index (χ1n) is 5.85. The minimum absolute atomic E-state index is 0.107. The maximum absolute atomic E-state index is 12.0. The molecule has 1 aromatic rings. The summed E-state index contributed by atoms with van der Waals surface area (Å²) in [5, 5.41) is 14.8. The zero-order valence-corrected chi connectivity index (χ0v) is 11.2. The normalized spacial score (nSPS) is 22.4. The number of aromatic nitrogens is 2. The zero-order valence-electron chi connectivity index (χ0n) is 10.4. The molecule has 1 saturated carbocycles. The molecule has 94 valence electrons. The summed E-state index contributed by atoms with van der Waals surface area (Å²) >= 11 is 1.28. The maximum atomic E-state index is 12.0. The number of hydrogen-bond donors (Lipinski definition) is 2. The van der Waals surface area contributed by atoms with Crippen molar-refractivity contribution < 1.29 is 4.79 Å². The molecule has 0 spiro atoms. The molecule has 1 atom stereocenters. The van der Waals surface area contributed by atoms with Crippen molar-refractivity contribution in [3.63, 3.8) is 0 Å². The minimum Gasteiger partial charge on any atom is -0.363 e. The van der Waals surface area contributed by atoms with Gasteiger partial charge in [0.25, 0.3) is 5.91 Å². The van der Waals surface area contributed by atoms with Gasteiger partial charge >= 0.3 is 0 Å². The number of carbonyl (C=O) groups is 1. The summed E-state index contributed by atoms with van der Waals surface area (Å²) < 4.78 is 0. The lowest BCUT2D eigenvalue weighted by Crippen LogP contribution is -2.41. The number of anilines is 1. The number of nitrogens with one attached hydrogen (secondary N) is 2. The monoisotopic (exact) mass is 254 g/mol. The maximum Gasteiger partial charge on any atom is 0.282 e. The molecule has 0 aliphatic heterocycles. The van der Waals surface area contributed by atoms with E-state index < -0.39 is 0 Å². The Hall–Kier alpha value is -1.17. The Morgan fingerprint density at radius 2 is 2.24 bits per heavy atom. The first kappa shape index (κ1) is 12.3. The molecule has 1 fully saturated rings. The summed E-state index contributed by atoms with van der Waals surface area (Å²) in [6, 6.07) is 0.247. The Balaban J connectivity index is 2.02. The van der Waals surface area contributed by atoms with Crippen LogP contribution in [0.2, 0.25) is 0 Å². The second kappa shape index (κ2) is 4.60.